The van der Waals surface area contributed by atoms with E-state index in [1.165, 1.54) is 4.31 Å². The van der Waals surface area contributed by atoms with Crippen LogP contribution in [-0.4, -0.2) is 57.0 Å². The maximum atomic E-state index is 13.0. The van der Waals surface area contributed by atoms with Gasteiger partial charge in [0.15, 0.2) is 0 Å². The van der Waals surface area contributed by atoms with Crippen molar-refractivity contribution < 1.29 is 17.9 Å². The van der Waals surface area contributed by atoms with Gasteiger partial charge in [0.25, 0.3) is 0 Å². The van der Waals surface area contributed by atoms with E-state index in [4.69, 9.17) is 4.74 Å². The minimum atomic E-state index is -3.53. The van der Waals surface area contributed by atoms with Gasteiger partial charge in [0.2, 0.25) is 10.0 Å². The first kappa shape index (κ1) is 24.5. The quantitative estimate of drug-likeness (QED) is 0.537. The van der Waals surface area contributed by atoms with E-state index < -0.39 is 10.0 Å². The number of rotatable bonds is 6. The Morgan fingerprint density at radius 3 is 2.23 bits per heavy atom. The molecule has 0 unspecified atom stereocenters. The molecule has 1 aliphatic rings. The Bertz CT molecular complexity index is 1250. The molecule has 0 saturated carbocycles. The summed E-state index contributed by atoms with van der Waals surface area (Å²) in [5, 5.41) is 5.52. The number of methoxy groups -OCH3 is 1. The van der Waals surface area contributed by atoms with Crippen LogP contribution in [0.5, 0.6) is 5.75 Å². The fraction of sp³-hybridized carbons (Fsp3) is 0.280. The third-order valence-corrected chi connectivity index (χ3v) is 7.70. The number of hydrogen-bond acceptors (Lipinski definition) is 6. The molecule has 1 aromatic heterocycles. The molecule has 0 bridgehead atoms. The minimum absolute atomic E-state index is 0.318. The lowest BCUT2D eigenvalue weighted by atomic mass is 10.2. The molecule has 2 aromatic carbocycles. The Balaban J connectivity index is 1.34. The highest BCUT2D eigenvalue weighted by Gasteiger charge is 2.27. The van der Waals surface area contributed by atoms with Crippen LogP contribution < -0.4 is 20.3 Å². The number of aryl methyl sites for hydroxylation is 1. The van der Waals surface area contributed by atoms with Gasteiger partial charge in [0, 0.05) is 31.9 Å². The second-order valence-corrected chi connectivity index (χ2v) is 10.2. The standard InChI is InChI=1S/C25H29N5O4S/c1-19-4-11-23(12-5-19)35(32,33)30-15-3-14-29(16-17-30)24-13-8-21(18-26-24)28-25(31)27-20-6-9-22(34-2)10-7-20/h4-13,18H,3,14-17H2,1-2H3,(H2,27,28,31). The van der Waals surface area contributed by atoms with Gasteiger partial charge in [0.1, 0.15) is 11.6 Å². The van der Waals surface area contributed by atoms with Crippen LogP contribution in [-0.2, 0) is 10.0 Å². The Morgan fingerprint density at radius 1 is 0.886 bits per heavy atom. The first-order valence-corrected chi connectivity index (χ1v) is 12.8. The van der Waals surface area contributed by atoms with Gasteiger partial charge in [-0.1, -0.05) is 17.7 Å². The van der Waals surface area contributed by atoms with Gasteiger partial charge in [-0.25, -0.2) is 18.2 Å². The maximum Gasteiger partial charge on any atom is 0.323 e. The lowest BCUT2D eigenvalue weighted by Crippen LogP contribution is -2.35. The molecule has 1 saturated heterocycles. The van der Waals surface area contributed by atoms with E-state index in [-0.39, 0.29) is 6.03 Å². The molecule has 184 valence electrons. The highest BCUT2D eigenvalue weighted by atomic mass is 32.2. The second-order valence-electron chi connectivity index (χ2n) is 8.27. The zero-order valence-corrected chi connectivity index (χ0v) is 20.6. The number of carbonyl (C=O) groups is 1. The van der Waals surface area contributed by atoms with Crippen LogP contribution in [0.25, 0.3) is 0 Å². The summed E-state index contributed by atoms with van der Waals surface area (Å²) >= 11 is 0. The highest BCUT2D eigenvalue weighted by Crippen LogP contribution is 2.21. The number of carbonyl (C=O) groups excluding carboxylic acids is 1. The summed E-state index contributed by atoms with van der Waals surface area (Å²) in [7, 11) is -1.95. The minimum Gasteiger partial charge on any atom is -0.497 e. The molecule has 1 aliphatic heterocycles. The smallest absolute Gasteiger partial charge is 0.323 e. The number of benzene rings is 2. The number of urea groups is 1. The zero-order chi connectivity index (χ0) is 24.8. The van der Waals surface area contributed by atoms with Crippen molar-refractivity contribution in [1.29, 1.82) is 0 Å². The van der Waals surface area contributed by atoms with Crippen molar-refractivity contribution in [2.75, 3.05) is 48.8 Å². The van der Waals surface area contributed by atoms with Crippen LogP contribution in [0, 0.1) is 6.92 Å². The van der Waals surface area contributed by atoms with Gasteiger partial charge in [-0.05, 0) is 61.9 Å². The van der Waals surface area contributed by atoms with E-state index in [2.05, 4.69) is 20.5 Å². The van der Waals surface area contributed by atoms with Crippen molar-refractivity contribution in [3.8, 4) is 5.75 Å². The number of aromatic nitrogens is 1. The van der Waals surface area contributed by atoms with Crippen molar-refractivity contribution in [2.24, 2.45) is 0 Å². The molecule has 0 atom stereocenters. The molecule has 0 radical (unpaired) electrons. The molecule has 35 heavy (non-hydrogen) atoms. The molecule has 0 aliphatic carbocycles. The molecular weight excluding hydrogens is 466 g/mol. The number of hydrogen-bond donors (Lipinski definition) is 2. The number of sulfonamides is 1. The van der Waals surface area contributed by atoms with Crippen molar-refractivity contribution in [2.45, 2.75) is 18.2 Å². The fourth-order valence-electron chi connectivity index (χ4n) is 3.84. The van der Waals surface area contributed by atoms with E-state index >= 15 is 0 Å². The van der Waals surface area contributed by atoms with E-state index in [1.54, 1.807) is 55.8 Å². The molecule has 1 fully saturated rings. The van der Waals surface area contributed by atoms with Gasteiger partial charge >= 0.3 is 6.03 Å². The summed E-state index contributed by atoms with van der Waals surface area (Å²) in [4.78, 5) is 19.1. The summed E-state index contributed by atoms with van der Waals surface area (Å²) in [6, 6.07) is 17.2. The zero-order valence-electron chi connectivity index (χ0n) is 19.8. The predicted molar refractivity (Wildman–Crippen MR) is 137 cm³/mol. The van der Waals surface area contributed by atoms with Crippen molar-refractivity contribution >= 4 is 33.2 Å². The fourth-order valence-corrected chi connectivity index (χ4v) is 5.31. The largest absolute Gasteiger partial charge is 0.497 e. The highest BCUT2D eigenvalue weighted by molar-refractivity contribution is 7.89. The molecular formula is C25H29N5O4S. The SMILES string of the molecule is COc1ccc(NC(=O)Nc2ccc(N3CCCN(S(=O)(=O)c4ccc(C)cc4)CC3)nc2)cc1. The molecule has 3 aromatic rings. The Hall–Kier alpha value is -3.63. The van der Waals surface area contributed by atoms with E-state index in [9.17, 15) is 13.2 Å². The number of nitrogens with one attached hydrogen (secondary N) is 2. The average molecular weight is 496 g/mol. The topological polar surface area (TPSA) is 104 Å². The van der Waals surface area contributed by atoms with Crippen LogP contribution >= 0.6 is 0 Å². The monoisotopic (exact) mass is 495 g/mol. The van der Waals surface area contributed by atoms with Gasteiger partial charge < -0.3 is 20.3 Å². The van der Waals surface area contributed by atoms with Crippen LogP contribution in [0.3, 0.4) is 0 Å². The van der Waals surface area contributed by atoms with Gasteiger partial charge in [-0.15, -0.1) is 0 Å². The molecule has 9 nitrogen and oxygen atoms in total. The molecule has 2 heterocycles. The Morgan fingerprint density at radius 2 is 1.57 bits per heavy atom. The summed E-state index contributed by atoms with van der Waals surface area (Å²) in [6.45, 7) is 3.99. The van der Waals surface area contributed by atoms with Gasteiger partial charge in [0.05, 0.1) is 23.9 Å². The summed E-state index contributed by atoms with van der Waals surface area (Å²) in [5.74, 6) is 1.45. The number of pyridine rings is 1. The predicted octanol–water partition coefficient (Wildman–Crippen LogP) is 3.94. The van der Waals surface area contributed by atoms with Gasteiger partial charge in [-0.2, -0.15) is 4.31 Å². The van der Waals surface area contributed by atoms with E-state index in [0.717, 1.165) is 11.4 Å². The third-order valence-electron chi connectivity index (χ3n) is 5.79. The first-order chi connectivity index (χ1) is 16.8. The lowest BCUT2D eigenvalue weighted by Gasteiger charge is -2.23. The summed E-state index contributed by atoms with van der Waals surface area (Å²) < 4.78 is 32.7. The van der Waals surface area contributed by atoms with Gasteiger partial charge in [-0.3, -0.25) is 0 Å². The number of ether oxygens (including phenoxy) is 1. The Labute approximate surface area is 205 Å². The average Bonchev–Trinajstić information content (AvgIpc) is 3.12. The van der Waals surface area contributed by atoms with Crippen LogP contribution in [0.1, 0.15) is 12.0 Å². The number of amides is 2. The normalized spacial score (nSPS) is 14.7. The molecule has 0 spiro atoms. The second kappa shape index (κ2) is 10.7. The Kier molecular flexibility index (Phi) is 7.52. The first-order valence-electron chi connectivity index (χ1n) is 11.3. The van der Waals surface area contributed by atoms with Crippen LogP contribution in [0.4, 0.5) is 22.0 Å². The third kappa shape index (κ3) is 6.09. The number of nitrogens with zero attached hydrogens (tertiary/aromatic N) is 3. The molecule has 10 heteroatoms. The van der Waals surface area contributed by atoms with Crippen LogP contribution in [0.2, 0.25) is 0 Å². The van der Waals surface area contributed by atoms with Crippen molar-refractivity contribution in [3.63, 3.8) is 0 Å². The summed E-state index contributed by atoms with van der Waals surface area (Å²) in [6.07, 6.45) is 2.28. The van der Waals surface area contributed by atoms with E-state index in [1.807, 2.05) is 25.1 Å². The van der Waals surface area contributed by atoms with Crippen molar-refractivity contribution in [1.82, 2.24) is 9.29 Å². The molecule has 4 rings (SSSR count). The van der Waals surface area contributed by atoms with E-state index in [0.29, 0.717) is 54.6 Å². The summed E-state index contributed by atoms with van der Waals surface area (Å²) in [5.41, 5.74) is 2.22. The molecule has 2 amide bonds. The maximum absolute atomic E-state index is 13.0. The number of anilines is 3. The lowest BCUT2D eigenvalue weighted by molar-refractivity contribution is 0.262. The van der Waals surface area contributed by atoms with Crippen molar-refractivity contribution in [3.05, 3.63) is 72.4 Å². The molecule has 2 N–H and O–H groups in total. The van der Waals surface area contributed by atoms with Crippen LogP contribution in [0.15, 0.2) is 71.8 Å².